The minimum absolute atomic E-state index is 0.00897. The summed E-state index contributed by atoms with van der Waals surface area (Å²) in [7, 11) is -5.68. The summed E-state index contributed by atoms with van der Waals surface area (Å²) >= 11 is 0. The molecule has 1 aromatic carbocycles. The second kappa shape index (κ2) is 8.57. The van der Waals surface area contributed by atoms with Crippen molar-refractivity contribution in [3.63, 3.8) is 0 Å². The molecular formula is C16H23F2NO5S. The van der Waals surface area contributed by atoms with Gasteiger partial charge in [0.1, 0.15) is 0 Å². The van der Waals surface area contributed by atoms with Crippen LogP contribution < -0.4 is 4.90 Å². The predicted molar refractivity (Wildman–Crippen MR) is 90.6 cm³/mol. The zero-order valence-corrected chi connectivity index (χ0v) is 15.2. The van der Waals surface area contributed by atoms with Crippen LogP contribution in [-0.2, 0) is 14.9 Å². The van der Waals surface area contributed by atoms with Crippen LogP contribution >= 0.6 is 0 Å². The highest BCUT2D eigenvalue weighted by molar-refractivity contribution is 7.86. The normalized spacial score (nSPS) is 13.4. The van der Waals surface area contributed by atoms with E-state index in [9.17, 15) is 22.0 Å². The molecule has 0 aliphatic rings. The van der Waals surface area contributed by atoms with Gasteiger partial charge in [0.2, 0.25) is 0 Å². The van der Waals surface area contributed by atoms with Gasteiger partial charge in [-0.2, -0.15) is 17.2 Å². The van der Waals surface area contributed by atoms with E-state index in [1.807, 2.05) is 13.8 Å². The van der Waals surface area contributed by atoms with Crippen LogP contribution in [-0.4, -0.2) is 43.4 Å². The number of carbonyl (C=O) groups excluding carboxylic acids is 1. The van der Waals surface area contributed by atoms with Crippen molar-refractivity contribution in [2.45, 2.75) is 45.0 Å². The largest absolute Gasteiger partial charge is 0.451 e. The molecule has 0 amide bonds. The van der Waals surface area contributed by atoms with Crippen molar-refractivity contribution in [1.82, 2.24) is 0 Å². The molecule has 142 valence electrons. The first-order chi connectivity index (χ1) is 11.5. The highest BCUT2D eigenvalue weighted by Crippen LogP contribution is 2.28. The van der Waals surface area contributed by atoms with Crippen molar-refractivity contribution < 1.29 is 31.3 Å². The standard InChI is InChI=1S/C16H23F2NO5S/c1-4-10-19(11-5-2)14-8-6-13(7-9-14)15(20)24-12(3)16(17,18)25(21,22)23/h6-9,12H,4-5,10-11H2,1-3H3,(H,21,22,23). The lowest BCUT2D eigenvalue weighted by molar-refractivity contribution is -0.0549. The first-order valence-corrected chi connectivity index (χ1v) is 9.39. The summed E-state index contributed by atoms with van der Waals surface area (Å²) in [5.74, 6) is -1.10. The number of ether oxygens (including phenoxy) is 1. The van der Waals surface area contributed by atoms with Crippen molar-refractivity contribution in [2.75, 3.05) is 18.0 Å². The maximum atomic E-state index is 13.4. The molecular weight excluding hydrogens is 356 g/mol. The Morgan fingerprint density at radius 2 is 1.68 bits per heavy atom. The topological polar surface area (TPSA) is 83.9 Å². The summed E-state index contributed by atoms with van der Waals surface area (Å²) in [5.41, 5.74) is 0.895. The maximum Gasteiger partial charge on any atom is 0.405 e. The molecule has 6 nitrogen and oxygen atoms in total. The maximum absolute atomic E-state index is 13.4. The molecule has 1 N–H and O–H groups in total. The van der Waals surface area contributed by atoms with Crippen molar-refractivity contribution in [3.05, 3.63) is 29.8 Å². The van der Waals surface area contributed by atoms with Crippen LogP contribution in [0, 0.1) is 0 Å². The fraction of sp³-hybridized carbons (Fsp3) is 0.562. The minimum atomic E-state index is -5.68. The van der Waals surface area contributed by atoms with E-state index in [1.54, 1.807) is 12.1 Å². The SMILES string of the molecule is CCCN(CCC)c1ccc(C(=O)OC(C)C(F)(F)S(=O)(=O)O)cc1. The highest BCUT2D eigenvalue weighted by Gasteiger charge is 2.52. The summed E-state index contributed by atoms with van der Waals surface area (Å²) in [6, 6.07) is 6.20. The van der Waals surface area contributed by atoms with Gasteiger partial charge in [-0.15, -0.1) is 0 Å². The van der Waals surface area contributed by atoms with Gasteiger partial charge in [0.05, 0.1) is 5.56 Å². The molecule has 1 atom stereocenters. The number of alkyl halides is 2. The molecule has 0 aliphatic carbocycles. The lowest BCUT2D eigenvalue weighted by Gasteiger charge is -2.24. The Labute approximate surface area is 146 Å². The number of carbonyl (C=O) groups is 1. The fourth-order valence-electron chi connectivity index (χ4n) is 2.23. The van der Waals surface area contributed by atoms with Gasteiger partial charge < -0.3 is 9.64 Å². The van der Waals surface area contributed by atoms with Crippen LogP contribution in [0.5, 0.6) is 0 Å². The second-order valence-electron chi connectivity index (χ2n) is 5.62. The zero-order valence-electron chi connectivity index (χ0n) is 14.4. The van der Waals surface area contributed by atoms with E-state index < -0.39 is 27.4 Å². The van der Waals surface area contributed by atoms with Gasteiger partial charge in [-0.05, 0) is 44.0 Å². The molecule has 25 heavy (non-hydrogen) atoms. The summed E-state index contributed by atoms with van der Waals surface area (Å²) in [6.07, 6.45) is -0.427. The van der Waals surface area contributed by atoms with E-state index >= 15 is 0 Å². The molecule has 9 heteroatoms. The molecule has 0 radical (unpaired) electrons. The van der Waals surface area contributed by atoms with E-state index in [0.717, 1.165) is 31.6 Å². The number of halogens is 2. The van der Waals surface area contributed by atoms with Gasteiger partial charge in [-0.1, -0.05) is 13.8 Å². The average molecular weight is 379 g/mol. The number of nitrogens with zero attached hydrogens (tertiary/aromatic N) is 1. The van der Waals surface area contributed by atoms with Gasteiger partial charge >= 0.3 is 21.3 Å². The van der Waals surface area contributed by atoms with Crippen molar-refractivity contribution >= 4 is 21.8 Å². The molecule has 1 rings (SSSR count). The highest BCUT2D eigenvalue weighted by atomic mass is 32.2. The van der Waals surface area contributed by atoms with Crippen molar-refractivity contribution in [2.24, 2.45) is 0 Å². The Kier molecular flexibility index (Phi) is 7.30. The Hall–Kier alpha value is -1.74. The molecule has 0 saturated carbocycles. The minimum Gasteiger partial charge on any atom is -0.451 e. The Morgan fingerprint density at radius 3 is 2.08 bits per heavy atom. The zero-order chi connectivity index (χ0) is 19.3. The van der Waals surface area contributed by atoms with E-state index in [-0.39, 0.29) is 5.56 Å². The van der Waals surface area contributed by atoms with Crippen LogP contribution in [0.1, 0.15) is 44.0 Å². The van der Waals surface area contributed by atoms with Crippen LogP contribution in [0.3, 0.4) is 0 Å². The van der Waals surface area contributed by atoms with Gasteiger partial charge in [0, 0.05) is 18.8 Å². The number of esters is 1. The monoisotopic (exact) mass is 379 g/mol. The quantitative estimate of drug-likeness (QED) is 0.523. The molecule has 0 spiro atoms. The third-order valence-corrected chi connectivity index (χ3v) is 4.58. The summed E-state index contributed by atoms with van der Waals surface area (Å²) in [4.78, 5) is 14.0. The van der Waals surface area contributed by atoms with Crippen LogP contribution in [0.4, 0.5) is 14.5 Å². The molecule has 0 fully saturated rings. The average Bonchev–Trinajstić information content (AvgIpc) is 2.53. The Morgan fingerprint density at radius 1 is 1.20 bits per heavy atom. The lowest BCUT2D eigenvalue weighted by Crippen LogP contribution is -2.42. The van der Waals surface area contributed by atoms with E-state index in [0.29, 0.717) is 6.92 Å². The first kappa shape index (κ1) is 21.3. The molecule has 1 aromatic rings. The molecule has 0 aromatic heterocycles. The van der Waals surface area contributed by atoms with Gasteiger partial charge in [-0.3, -0.25) is 4.55 Å². The summed E-state index contributed by atoms with van der Waals surface area (Å²) in [5, 5.41) is -4.58. The first-order valence-electron chi connectivity index (χ1n) is 7.95. The van der Waals surface area contributed by atoms with Gasteiger partial charge in [0.25, 0.3) is 0 Å². The molecule has 0 aliphatic heterocycles. The van der Waals surface area contributed by atoms with Crippen molar-refractivity contribution in [3.8, 4) is 0 Å². The van der Waals surface area contributed by atoms with E-state index in [4.69, 9.17) is 4.55 Å². The van der Waals surface area contributed by atoms with E-state index in [2.05, 4.69) is 9.64 Å². The smallest absolute Gasteiger partial charge is 0.405 e. The number of hydrogen-bond donors (Lipinski definition) is 1. The molecule has 1 unspecified atom stereocenters. The Balaban J connectivity index is 2.87. The molecule has 0 bridgehead atoms. The molecule has 0 heterocycles. The van der Waals surface area contributed by atoms with Crippen LogP contribution in [0.2, 0.25) is 0 Å². The van der Waals surface area contributed by atoms with Gasteiger partial charge in [0.15, 0.2) is 6.10 Å². The Bertz CT molecular complexity index is 670. The van der Waals surface area contributed by atoms with Crippen LogP contribution in [0.15, 0.2) is 24.3 Å². The third-order valence-electron chi connectivity index (χ3n) is 3.56. The predicted octanol–water partition coefficient (Wildman–Crippen LogP) is 3.34. The number of hydrogen-bond acceptors (Lipinski definition) is 5. The van der Waals surface area contributed by atoms with Crippen molar-refractivity contribution in [1.29, 1.82) is 0 Å². The third kappa shape index (κ3) is 5.37. The fourth-order valence-corrected chi connectivity index (χ4v) is 2.69. The lowest BCUT2D eigenvalue weighted by atomic mass is 10.2. The van der Waals surface area contributed by atoms with E-state index in [1.165, 1.54) is 12.1 Å². The van der Waals surface area contributed by atoms with Gasteiger partial charge in [-0.25, -0.2) is 4.79 Å². The second-order valence-corrected chi connectivity index (χ2v) is 7.11. The molecule has 0 saturated heterocycles. The summed E-state index contributed by atoms with van der Waals surface area (Å²) < 4.78 is 61.2. The summed E-state index contributed by atoms with van der Waals surface area (Å²) in [6.45, 7) is 6.48. The number of benzene rings is 1. The number of rotatable bonds is 9. The van der Waals surface area contributed by atoms with Crippen LogP contribution in [0.25, 0.3) is 0 Å². The number of anilines is 1.